The highest BCUT2D eigenvalue weighted by molar-refractivity contribution is 5.94. The first-order chi connectivity index (χ1) is 12.4. The van der Waals surface area contributed by atoms with Gasteiger partial charge in [-0.2, -0.15) is 0 Å². The van der Waals surface area contributed by atoms with Crippen LogP contribution in [0, 0.1) is 35.0 Å². The minimum Gasteiger partial charge on any atom is -0.299 e. The van der Waals surface area contributed by atoms with Crippen LogP contribution in [0.4, 0.5) is 0 Å². The lowest BCUT2D eigenvalue weighted by Gasteiger charge is -2.40. The van der Waals surface area contributed by atoms with E-state index in [4.69, 9.17) is 6.42 Å². The Morgan fingerprint density at radius 1 is 0.962 bits per heavy atom. The van der Waals surface area contributed by atoms with E-state index in [9.17, 15) is 4.79 Å². The molecule has 4 rings (SSSR count). The van der Waals surface area contributed by atoms with Crippen LogP contribution in [-0.2, 0) is 10.2 Å². The summed E-state index contributed by atoms with van der Waals surface area (Å²) >= 11 is 0. The first-order valence-corrected chi connectivity index (χ1v) is 9.53. The molecule has 0 heterocycles. The van der Waals surface area contributed by atoms with Crippen LogP contribution >= 0.6 is 0 Å². The number of rotatable bonds is 3. The number of carbonyl (C=O) groups is 1. The quantitative estimate of drug-likeness (QED) is 0.697. The molecule has 2 aliphatic rings. The monoisotopic (exact) mass is 342 g/mol. The zero-order valence-electron chi connectivity index (χ0n) is 15.8. The molecule has 0 spiro atoms. The molecular formula is C25H26O. The third-order valence-corrected chi connectivity index (χ3v) is 7.69. The highest BCUT2D eigenvalue weighted by Crippen LogP contribution is 2.69. The topological polar surface area (TPSA) is 17.1 Å². The van der Waals surface area contributed by atoms with Gasteiger partial charge in [0.2, 0.25) is 0 Å². The largest absolute Gasteiger partial charge is 0.299 e. The third-order valence-electron chi connectivity index (χ3n) is 7.69. The zero-order valence-corrected chi connectivity index (χ0v) is 15.8. The Kier molecular flexibility index (Phi) is 3.67. The summed E-state index contributed by atoms with van der Waals surface area (Å²) in [6, 6.07) is 20.4. The van der Waals surface area contributed by atoms with Gasteiger partial charge in [-0.15, -0.1) is 6.42 Å². The molecule has 0 unspecified atom stereocenters. The normalized spacial score (nSPS) is 29.5. The molecule has 3 atom stereocenters. The molecule has 2 bridgehead atoms. The van der Waals surface area contributed by atoms with Gasteiger partial charge >= 0.3 is 0 Å². The van der Waals surface area contributed by atoms with Crippen LogP contribution in [-0.4, -0.2) is 5.78 Å². The molecule has 0 aromatic heterocycles. The number of ketones is 1. The lowest BCUT2D eigenvalue weighted by atomic mass is 9.60. The van der Waals surface area contributed by atoms with E-state index in [-0.39, 0.29) is 16.7 Å². The maximum Gasteiger partial charge on any atom is 0.144 e. The fourth-order valence-corrected chi connectivity index (χ4v) is 5.77. The number of carbonyl (C=O) groups excluding carboxylic acids is 1. The maximum absolute atomic E-state index is 13.8. The SMILES string of the molecule is C#CC(c1ccccc1)(c1ccccc1)[C@@H]1C(=O)[C@]2(C)CC[C@H]1C2(C)C. The van der Waals surface area contributed by atoms with E-state index in [0.29, 0.717) is 11.7 Å². The molecule has 2 fully saturated rings. The molecule has 0 N–H and O–H groups in total. The minimum atomic E-state index is -0.709. The summed E-state index contributed by atoms with van der Waals surface area (Å²) in [5, 5.41) is 0. The van der Waals surface area contributed by atoms with Crippen molar-refractivity contribution in [3.8, 4) is 12.3 Å². The van der Waals surface area contributed by atoms with E-state index in [2.05, 4.69) is 51.0 Å². The van der Waals surface area contributed by atoms with Crippen LogP contribution in [0.15, 0.2) is 60.7 Å². The average molecular weight is 342 g/mol. The van der Waals surface area contributed by atoms with Crippen LogP contribution in [0.5, 0.6) is 0 Å². The second-order valence-corrected chi connectivity index (χ2v) is 8.73. The smallest absolute Gasteiger partial charge is 0.144 e. The summed E-state index contributed by atoms with van der Waals surface area (Å²) in [5.41, 5.74) is 1.09. The Morgan fingerprint density at radius 3 is 1.85 bits per heavy atom. The van der Waals surface area contributed by atoms with Crippen LogP contribution in [0.25, 0.3) is 0 Å². The van der Waals surface area contributed by atoms with Crippen LogP contribution in [0.3, 0.4) is 0 Å². The molecule has 132 valence electrons. The second kappa shape index (κ2) is 5.58. The van der Waals surface area contributed by atoms with Gasteiger partial charge in [-0.3, -0.25) is 4.79 Å². The molecule has 2 aromatic carbocycles. The molecule has 0 amide bonds. The Bertz CT molecular complexity index is 832. The molecular weight excluding hydrogens is 316 g/mol. The summed E-state index contributed by atoms with van der Waals surface area (Å²) in [4.78, 5) is 13.8. The molecule has 26 heavy (non-hydrogen) atoms. The highest BCUT2D eigenvalue weighted by Gasteiger charge is 2.70. The summed E-state index contributed by atoms with van der Waals surface area (Å²) < 4.78 is 0. The molecule has 1 nitrogen and oxygen atoms in total. The predicted octanol–water partition coefficient (Wildman–Crippen LogP) is 5.25. The molecule has 2 aromatic rings. The van der Waals surface area contributed by atoms with E-state index in [1.807, 2.05) is 36.4 Å². The number of hydrogen-bond donors (Lipinski definition) is 0. The lowest BCUT2D eigenvalue weighted by Crippen LogP contribution is -2.44. The second-order valence-electron chi connectivity index (χ2n) is 8.73. The van der Waals surface area contributed by atoms with Crippen molar-refractivity contribution in [1.82, 2.24) is 0 Å². The van der Waals surface area contributed by atoms with E-state index in [0.717, 1.165) is 24.0 Å². The van der Waals surface area contributed by atoms with Gasteiger partial charge in [0, 0.05) is 11.3 Å². The molecule has 2 saturated carbocycles. The zero-order chi connectivity index (χ0) is 18.6. The fraction of sp³-hybridized carbons (Fsp3) is 0.400. The Labute approximate surface area is 156 Å². The van der Waals surface area contributed by atoms with Crippen molar-refractivity contribution in [3.05, 3.63) is 71.8 Å². The van der Waals surface area contributed by atoms with Gasteiger partial charge in [0.05, 0.1) is 5.41 Å². The van der Waals surface area contributed by atoms with Gasteiger partial charge in [0.25, 0.3) is 0 Å². The van der Waals surface area contributed by atoms with Gasteiger partial charge in [0.1, 0.15) is 5.78 Å². The number of terminal acetylenes is 1. The summed E-state index contributed by atoms with van der Waals surface area (Å²) in [6.07, 6.45) is 8.32. The van der Waals surface area contributed by atoms with E-state index < -0.39 is 5.41 Å². The van der Waals surface area contributed by atoms with Crippen molar-refractivity contribution < 1.29 is 4.79 Å². The minimum absolute atomic E-state index is 0.0274. The Hall–Kier alpha value is -2.33. The summed E-state index contributed by atoms with van der Waals surface area (Å²) in [5.74, 6) is 3.62. The van der Waals surface area contributed by atoms with Crippen LogP contribution in [0.2, 0.25) is 0 Å². The standard InChI is InChI=1S/C25H26O/c1-5-25(18-12-8-6-9-13-18,19-14-10-7-11-15-19)21-20-16-17-24(4,22(21)26)23(20,2)3/h1,6-15,20-21H,16-17H2,2-4H3/t20-,21+,24+/m1/s1. The number of hydrogen-bond acceptors (Lipinski definition) is 1. The van der Waals surface area contributed by atoms with Gasteiger partial charge in [0.15, 0.2) is 0 Å². The van der Waals surface area contributed by atoms with Crippen molar-refractivity contribution in [3.63, 3.8) is 0 Å². The maximum atomic E-state index is 13.8. The Morgan fingerprint density at radius 2 is 1.46 bits per heavy atom. The summed E-state index contributed by atoms with van der Waals surface area (Å²) in [7, 11) is 0. The predicted molar refractivity (Wildman–Crippen MR) is 106 cm³/mol. The van der Waals surface area contributed by atoms with Crippen molar-refractivity contribution in [1.29, 1.82) is 0 Å². The van der Waals surface area contributed by atoms with Gasteiger partial charge in [-0.25, -0.2) is 0 Å². The molecule has 0 radical (unpaired) electrons. The lowest BCUT2D eigenvalue weighted by molar-refractivity contribution is -0.132. The number of fused-ring (bicyclic) bond motifs is 2. The van der Waals surface area contributed by atoms with Crippen molar-refractivity contribution in [2.45, 2.75) is 39.0 Å². The first-order valence-electron chi connectivity index (χ1n) is 9.53. The Balaban J connectivity index is 2.00. The molecule has 0 aliphatic heterocycles. The number of benzene rings is 2. The van der Waals surface area contributed by atoms with Crippen molar-refractivity contribution in [2.24, 2.45) is 22.7 Å². The molecule has 2 aliphatic carbocycles. The van der Waals surface area contributed by atoms with Gasteiger partial charge in [-0.05, 0) is 35.3 Å². The number of Topliss-reactive ketones (excluding diaryl/α,β-unsaturated/α-hetero) is 1. The summed E-state index contributed by atoms with van der Waals surface area (Å²) in [6.45, 7) is 6.69. The molecule has 0 saturated heterocycles. The third kappa shape index (κ3) is 1.91. The van der Waals surface area contributed by atoms with Crippen molar-refractivity contribution >= 4 is 5.78 Å². The molecule has 1 heteroatoms. The van der Waals surface area contributed by atoms with E-state index in [1.165, 1.54) is 0 Å². The van der Waals surface area contributed by atoms with Crippen molar-refractivity contribution in [2.75, 3.05) is 0 Å². The van der Waals surface area contributed by atoms with Crippen LogP contribution < -0.4 is 0 Å². The van der Waals surface area contributed by atoms with E-state index in [1.54, 1.807) is 0 Å². The first kappa shape index (κ1) is 17.1. The van der Waals surface area contributed by atoms with Crippen LogP contribution in [0.1, 0.15) is 44.7 Å². The van der Waals surface area contributed by atoms with Gasteiger partial charge in [-0.1, -0.05) is 87.4 Å². The fourth-order valence-electron chi connectivity index (χ4n) is 5.77. The highest BCUT2D eigenvalue weighted by atomic mass is 16.1. The average Bonchev–Trinajstić information content (AvgIpc) is 2.98. The van der Waals surface area contributed by atoms with Gasteiger partial charge < -0.3 is 0 Å². The van der Waals surface area contributed by atoms with E-state index >= 15 is 0 Å².